The molecule has 0 aromatic carbocycles. The summed E-state index contributed by atoms with van der Waals surface area (Å²) in [5.41, 5.74) is 5.35. The number of carboxylic acid groups (broad SMARTS) is 1. The van der Waals surface area contributed by atoms with Crippen LogP contribution in [0.3, 0.4) is 0 Å². The maximum atomic E-state index is 10.8. The van der Waals surface area contributed by atoms with Crippen LogP contribution in [0.1, 0.15) is 19.8 Å². The average molecular weight is 241 g/mol. The number of hydrogen-bond donors (Lipinski definition) is 3. The van der Waals surface area contributed by atoms with Crippen LogP contribution in [0, 0.1) is 0 Å². The Labute approximate surface area is 94.6 Å². The first-order valence-corrected chi connectivity index (χ1v) is 4.48. The standard InChI is InChI=1S/C8H16N2O4.ClH/c1-2-3-4-10-5-6(9)7(11)14-8(12)13;/h6,10H,2-5,9H2,1H3,(H,12,13);1H. The molecule has 0 spiro atoms. The van der Waals surface area contributed by atoms with Crippen molar-refractivity contribution >= 4 is 24.5 Å². The lowest BCUT2D eigenvalue weighted by molar-refractivity contribution is -0.140. The molecule has 0 radical (unpaired) electrons. The zero-order chi connectivity index (χ0) is 11.0. The van der Waals surface area contributed by atoms with Gasteiger partial charge in [-0.15, -0.1) is 12.4 Å². The van der Waals surface area contributed by atoms with Gasteiger partial charge >= 0.3 is 12.1 Å². The van der Waals surface area contributed by atoms with Crippen LogP contribution < -0.4 is 11.1 Å². The topological polar surface area (TPSA) is 102 Å². The summed E-state index contributed by atoms with van der Waals surface area (Å²) in [4.78, 5) is 20.8. The number of carbonyl (C=O) groups is 2. The Bertz CT molecular complexity index is 201. The van der Waals surface area contributed by atoms with Crippen molar-refractivity contribution in [3.63, 3.8) is 0 Å². The third-order valence-electron chi connectivity index (χ3n) is 1.56. The van der Waals surface area contributed by atoms with Gasteiger partial charge in [-0.1, -0.05) is 13.3 Å². The number of nitrogens with two attached hydrogens (primary N) is 1. The Morgan fingerprint density at radius 1 is 1.53 bits per heavy atom. The molecule has 4 N–H and O–H groups in total. The molecular weight excluding hydrogens is 224 g/mol. The largest absolute Gasteiger partial charge is 0.513 e. The number of nitrogens with one attached hydrogen (secondary N) is 1. The zero-order valence-corrected chi connectivity index (χ0v) is 9.38. The predicted molar refractivity (Wildman–Crippen MR) is 57.1 cm³/mol. The second-order valence-corrected chi connectivity index (χ2v) is 2.85. The third kappa shape index (κ3) is 9.45. The van der Waals surface area contributed by atoms with E-state index in [0.29, 0.717) is 0 Å². The summed E-state index contributed by atoms with van der Waals surface area (Å²) < 4.78 is 3.88. The molecule has 0 saturated heterocycles. The van der Waals surface area contributed by atoms with Crippen molar-refractivity contribution in [1.29, 1.82) is 0 Å². The van der Waals surface area contributed by atoms with Gasteiger partial charge in [0.05, 0.1) is 0 Å². The number of unbranched alkanes of at least 4 members (excludes halogenated alkanes) is 1. The van der Waals surface area contributed by atoms with Gasteiger partial charge in [0.2, 0.25) is 0 Å². The van der Waals surface area contributed by atoms with Crippen molar-refractivity contribution in [3.8, 4) is 0 Å². The number of ether oxygens (including phenoxy) is 1. The molecule has 0 rings (SSSR count). The fourth-order valence-electron chi connectivity index (χ4n) is 0.804. The second kappa shape index (κ2) is 9.70. The van der Waals surface area contributed by atoms with E-state index in [4.69, 9.17) is 10.8 Å². The molecule has 0 aliphatic heterocycles. The molecule has 0 aromatic heterocycles. The van der Waals surface area contributed by atoms with E-state index in [1.165, 1.54) is 0 Å². The van der Waals surface area contributed by atoms with Gasteiger partial charge in [-0.05, 0) is 13.0 Å². The normalized spacial score (nSPS) is 11.3. The molecule has 0 aliphatic carbocycles. The fraction of sp³-hybridized carbons (Fsp3) is 0.750. The summed E-state index contributed by atoms with van der Waals surface area (Å²) >= 11 is 0. The van der Waals surface area contributed by atoms with Crippen molar-refractivity contribution in [2.24, 2.45) is 5.73 Å². The van der Waals surface area contributed by atoms with E-state index in [9.17, 15) is 9.59 Å². The summed E-state index contributed by atoms with van der Waals surface area (Å²) in [5, 5.41) is 11.0. The molecule has 0 aliphatic rings. The van der Waals surface area contributed by atoms with E-state index < -0.39 is 18.2 Å². The Balaban J connectivity index is 0. The van der Waals surface area contributed by atoms with Gasteiger partial charge in [-0.25, -0.2) is 9.59 Å². The van der Waals surface area contributed by atoms with Crippen molar-refractivity contribution in [2.75, 3.05) is 13.1 Å². The average Bonchev–Trinajstić information content (AvgIpc) is 2.11. The molecule has 0 fully saturated rings. The lowest BCUT2D eigenvalue weighted by atomic mass is 10.3. The highest BCUT2D eigenvalue weighted by atomic mass is 35.5. The molecule has 1 atom stereocenters. The summed E-state index contributed by atoms with van der Waals surface area (Å²) in [6, 6.07) is -0.928. The van der Waals surface area contributed by atoms with Crippen LogP contribution in [0.2, 0.25) is 0 Å². The van der Waals surface area contributed by atoms with Crippen molar-refractivity contribution < 1.29 is 19.4 Å². The van der Waals surface area contributed by atoms with E-state index >= 15 is 0 Å². The van der Waals surface area contributed by atoms with Gasteiger partial charge < -0.3 is 20.9 Å². The van der Waals surface area contributed by atoms with Crippen LogP contribution in [0.25, 0.3) is 0 Å². The Hall–Kier alpha value is -0.850. The number of esters is 1. The van der Waals surface area contributed by atoms with Crippen LogP contribution in [-0.2, 0) is 9.53 Å². The lowest BCUT2D eigenvalue weighted by Crippen LogP contribution is -2.42. The summed E-state index contributed by atoms with van der Waals surface area (Å²) in [7, 11) is 0. The Kier molecular flexibility index (Phi) is 10.7. The smallest absolute Gasteiger partial charge is 0.449 e. The molecular formula is C8H17ClN2O4. The van der Waals surface area contributed by atoms with E-state index in [0.717, 1.165) is 19.4 Å². The number of hydrogen-bond acceptors (Lipinski definition) is 5. The molecule has 1 unspecified atom stereocenters. The quantitative estimate of drug-likeness (QED) is 0.352. The Morgan fingerprint density at radius 3 is 2.60 bits per heavy atom. The SMILES string of the molecule is CCCCNCC(N)C(=O)OC(=O)O.Cl. The van der Waals surface area contributed by atoms with Crippen molar-refractivity contribution in [1.82, 2.24) is 5.32 Å². The van der Waals surface area contributed by atoms with E-state index in [-0.39, 0.29) is 19.0 Å². The zero-order valence-electron chi connectivity index (χ0n) is 8.56. The predicted octanol–water partition coefficient (Wildman–Crippen LogP) is 0.346. The molecule has 0 saturated carbocycles. The first-order valence-electron chi connectivity index (χ1n) is 4.48. The molecule has 7 heteroatoms. The van der Waals surface area contributed by atoms with Gasteiger partial charge in [0.1, 0.15) is 6.04 Å². The molecule has 90 valence electrons. The minimum atomic E-state index is -1.63. The van der Waals surface area contributed by atoms with Crippen molar-refractivity contribution in [2.45, 2.75) is 25.8 Å². The maximum absolute atomic E-state index is 10.8. The van der Waals surface area contributed by atoms with E-state index in [1.807, 2.05) is 6.92 Å². The highest BCUT2D eigenvalue weighted by Crippen LogP contribution is 1.87. The van der Waals surface area contributed by atoms with Gasteiger partial charge in [0.25, 0.3) is 0 Å². The summed E-state index contributed by atoms with van der Waals surface area (Å²) in [5.74, 6) is -0.929. The molecule has 0 aromatic rings. The molecule has 0 amide bonds. The Morgan fingerprint density at radius 2 is 2.13 bits per heavy atom. The van der Waals surface area contributed by atoms with Gasteiger partial charge in [0, 0.05) is 6.54 Å². The van der Waals surface area contributed by atoms with E-state index in [1.54, 1.807) is 0 Å². The number of carbonyl (C=O) groups excluding carboxylic acids is 1. The third-order valence-corrected chi connectivity index (χ3v) is 1.56. The molecule has 15 heavy (non-hydrogen) atoms. The van der Waals surface area contributed by atoms with Crippen LogP contribution in [0.15, 0.2) is 0 Å². The first kappa shape index (κ1) is 16.6. The van der Waals surface area contributed by atoms with Gasteiger partial charge in [0.15, 0.2) is 0 Å². The van der Waals surface area contributed by atoms with Crippen LogP contribution in [0.5, 0.6) is 0 Å². The minimum absolute atomic E-state index is 0. The highest BCUT2D eigenvalue weighted by Gasteiger charge is 2.17. The van der Waals surface area contributed by atoms with Crippen LogP contribution in [0.4, 0.5) is 4.79 Å². The van der Waals surface area contributed by atoms with Crippen LogP contribution >= 0.6 is 12.4 Å². The lowest BCUT2D eigenvalue weighted by Gasteiger charge is -2.09. The highest BCUT2D eigenvalue weighted by molar-refractivity contribution is 5.85. The molecule has 0 heterocycles. The number of halogens is 1. The summed E-state index contributed by atoms with van der Waals surface area (Å²) in [6.07, 6.45) is 0.404. The summed E-state index contributed by atoms with van der Waals surface area (Å²) in [6.45, 7) is 3.02. The first-order chi connectivity index (χ1) is 6.57. The minimum Gasteiger partial charge on any atom is -0.449 e. The van der Waals surface area contributed by atoms with Crippen LogP contribution in [-0.4, -0.2) is 36.4 Å². The number of rotatable bonds is 6. The van der Waals surface area contributed by atoms with Gasteiger partial charge in [-0.2, -0.15) is 0 Å². The van der Waals surface area contributed by atoms with Gasteiger partial charge in [-0.3, -0.25) is 0 Å². The monoisotopic (exact) mass is 240 g/mol. The maximum Gasteiger partial charge on any atom is 0.513 e. The van der Waals surface area contributed by atoms with Crippen molar-refractivity contribution in [3.05, 3.63) is 0 Å². The van der Waals surface area contributed by atoms with E-state index in [2.05, 4.69) is 10.1 Å². The fourth-order valence-corrected chi connectivity index (χ4v) is 0.804. The molecule has 6 nitrogen and oxygen atoms in total. The molecule has 0 bridgehead atoms. The second-order valence-electron chi connectivity index (χ2n) is 2.85.